The molecular weight excluding hydrogens is 478 g/mol. The van der Waals surface area contributed by atoms with Gasteiger partial charge in [0.15, 0.2) is 0 Å². The topological polar surface area (TPSA) is 178 Å². The van der Waals surface area contributed by atoms with Crippen LogP contribution in [-0.4, -0.2) is 80.6 Å². The van der Waals surface area contributed by atoms with E-state index in [1.165, 1.54) is 11.8 Å². The van der Waals surface area contributed by atoms with Gasteiger partial charge in [0, 0.05) is 23.6 Å². The Morgan fingerprint density at radius 3 is 2.51 bits per heavy atom. The Hall–Kier alpha value is -3.44. The van der Waals surface area contributed by atoms with Crippen molar-refractivity contribution >= 4 is 34.6 Å². The molecule has 37 heavy (non-hydrogen) atoms. The van der Waals surface area contributed by atoms with E-state index >= 15 is 0 Å². The largest absolute Gasteiger partial charge is 0.480 e. The Labute approximate surface area is 215 Å². The van der Waals surface area contributed by atoms with Crippen LogP contribution in [0.15, 0.2) is 30.5 Å². The van der Waals surface area contributed by atoms with Gasteiger partial charge >= 0.3 is 5.97 Å². The van der Waals surface area contributed by atoms with Crippen LogP contribution in [0.2, 0.25) is 0 Å². The number of fused-ring (bicyclic) bond motifs is 1. The molecular formula is C26H37N5O6. The Morgan fingerprint density at radius 1 is 1.16 bits per heavy atom. The number of carboxylic acids is 1. The second-order valence-electron chi connectivity index (χ2n) is 10.1. The lowest BCUT2D eigenvalue weighted by Gasteiger charge is -2.29. The summed E-state index contributed by atoms with van der Waals surface area (Å²) in [6.07, 6.45) is 2.00. The van der Waals surface area contributed by atoms with Crippen molar-refractivity contribution in [2.75, 3.05) is 6.54 Å². The number of aromatic amines is 1. The number of nitrogens with two attached hydrogens (primary N) is 1. The normalized spacial score (nSPS) is 18.9. The molecule has 202 valence electrons. The van der Waals surface area contributed by atoms with Gasteiger partial charge < -0.3 is 36.5 Å². The average Bonchev–Trinajstić information content (AvgIpc) is 3.48. The standard InChI is InChI=1S/C26H37N5O6/c1-14(2)11-20(26(36)37)29-24(34)22(15(3)32)30-23(33)21-9-6-10-31(21)25(35)18(27)12-16-13-28-19-8-5-4-7-17(16)19/h4-5,7-8,13-15,18,20-22,28,32H,6,9-12,27H2,1-3H3,(H,29,34)(H,30,33)(H,36,37). The number of aromatic nitrogens is 1. The highest BCUT2D eigenvalue weighted by Crippen LogP contribution is 2.22. The Balaban J connectivity index is 1.66. The molecule has 1 aliphatic heterocycles. The number of aliphatic hydroxyl groups excluding tert-OH is 1. The first-order valence-electron chi connectivity index (χ1n) is 12.6. The number of para-hydroxylation sites is 1. The summed E-state index contributed by atoms with van der Waals surface area (Å²) in [5.74, 6) is -2.96. The summed E-state index contributed by atoms with van der Waals surface area (Å²) in [6.45, 7) is 5.33. The van der Waals surface area contributed by atoms with Gasteiger partial charge in [0.1, 0.15) is 18.1 Å². The molecule has 2 heterocycles. The molecule has 1 aromatic carbocycles. The minimum atomic E-state index is -1.38. The number of nitrogens with zero attached hydrogens (tertiary/aromatic N) is 1. The molecule has 7 N–H and O–H groups in total. The fourth-order valence-corrected chi connectivity index (χ4v) is 4.75. The first kappa shape index (κ1) is 28.1. The first-order chi connectivity index (χ1) is 17.5. The molecule has 1 aliphatic rings. The zero-order valence-corrected chi connectivity index (χ0v) is 21.4. The van der Waals surface area contributed by atoms with Crippen LogP contribution in [0.3, 0.4) is 0 Å². The molecule has 5 atom stereocenters. The number of rotatable bonds is 11. The summed E-state index contributed by atoms with van der Waals surface area (Å²) in [5.41, 5.74) is 8.11. The van der Waals surface area contributed by atoms with Crippen molar-refractivity contribution in [1.29, 1.82) is 0 Å². The highest BCUT2D eigenvalue weighted by Gasteiger charge is 2.39. The van der Waals surface area contributed by atoms with Gasteiger partial charge in [-0.2, -0.15) is 0 Å². The number of aliphatic carboxylic acids is 1. The predicted octanol–water partition coefficient (Wildman–Crippen LogP) is 0.510. The monoisotopic (exact) mass is 515 g/mol. The molecule has 2 aromatic rings. The van der Waals surface area contributed by atoms with Crippen LogP contribution in [-0.2, 0) is 25.6 Å². The summed E-state index contributed by atoms with van der Waals surface area (Å²) in [5, 5.41) is 25.5. The van der Waals surface area contributed by atoms with Gasteiger partial charge in [-0.25, -0.2) is 4.79 Å². The lowest BCUT2D eigenvalue weighted by Crippen LogP contribution is -2.59. The highest BCUT2D eigenvalue weighted by molar-refractivity contribution is 5.95. The molecule has 0 bridgehead atoms. The third-order valence-corrected chi connectivity index (χ3v) is 6.65. The summed E-state index contributed by atoms with van der Waals surface area (Å²) in [6, 6.07) is 3.46. The Bertz CT molecular complexity index is 1130. The lowest BCUT2D eigenvalue weighted by molar-refractivity contribution is -0.144. The van der Waals surface area contributed by atoms with Gasteiger partial charge in [0.2, 0.25) is 17.7 Å². The average molecular weight is 516 g/mol. The van der Waals surface area contributed by atoms with Crippen molar-refractivity contribution < 1.29 is 29.4 Å². The van der Waals surface area contributed by atoms with Crippen LogP contribution in [0.1, 0.15) is 45.6 Å². The summed E-state index contributed by atoms with van der Waals surface area (Å²) in [7, 11) is 0. The maximum atomic E-state index is 13.2. The zero-order valence-electron chi connectivity index (χ0n) is 21.4. The minimum Gasteiger partial charge on any atom is -0.480 e. The number of carbonyl (C=O) groups excluding carboxylic acids is 3. The number of H-pyrrole nitrogens is 1. The Kier molecular flexibility index (Phi) is 9.28. The van der Waals surface area contributed by atoms with Crippen LogP contribution in [0.4, 0.5) is 0 Å². The van der Waals surface area contributed by atoms with Gasteiger partial charge in [0.25, 0.3) is 0 Å². The van der Waals surface area contributed by atoms with Crippen molar-refractivity contribution in [3.8, 4) is 0 Å². The summed E-state index contributed by atoms with van der Waals surface area (Å²) < 4.78 is 0. The summed E-state index contributed by atoms with van der Waals surface area (Å²) in [4.78, 5) is 55.3. The SMILES string of the molecule is CC(C)CC(NC(=O)C(NC(=O)C1CCCN1C(=O)C(N)Cc1c[nH]c2ccccc12)C(C)O)C(=O)O. The van der Waals surface area contributed by atoms with E-state index in [2.05, 4.69) is 15.6 Å². The molecule has 0 aliphatic carbocycles. The van der Waals surface area contributed by atoms with Gasteiger partial charge in [-0.3, -0.25) is 14.4 Å². The van der Waals surface area contributed by atoms with E-state index in [0.717, 1.165) is 16.5 Å². The van der Waals surface area contributed by atoms with E-state index in [0.29, 0.717) is 25.8 Å². The number of carboxylic acid groups (broad SMARTS) is 1. The van der Waals surface area contributed by atoms with E-state index in [1.807, 2.05) is 44.3 Å². The molecule has 3 amide bonds. The quantitative estimate of drug-likeness (QED) is 0.252. The predicted molar refractivity (Wildman–Crippen MR) is 137 cm³/mol. The van der Waals surface area contributed by atoms with E-state index in [-0.39, 0.29) is 18.2 Å². The number of amides is 3. The number of aliphatic hydroxyl groups is 1. The molecule has 5 unspecified atom stereocenters. The maximum Gasteiger partial charge on any atom is 0.326 e. The van der Waals surface area contributed by atoms with E-state index in [9.17, 15) is 29.4 Å². The van der Waals surface area contributed by atoms with Crippen molar-refractivity contribution in [1.82, 2.24) is 20.5 Å². The molecule has 0 saturated carbocycles. The van der Waals surface area contributed by atoms with Crippen molar-refractivity contribution in [2.24, 2.45) is 11.7 Å². The van der Waals surface area contributed by atoms with E-state index < -0.39 is 48.1 Å². The number of hydrogen-bond acceptors (Lipinski definition) is 6. The van der Waals surface area contributed by atoms with Crippen LogP contribution < -0.4 is 16.4 Å². The van der Waals surface area contributed by atoms with Crippen LogP contribution in [0, 0.1) is 5.92 Å². The minimum absolute atomic E-state index is 0.00696. The zero-order chi connectivity index (χ0) is 27.3. The number of benzene rings is 1. The summed E-state index contributed by atoms with van der Waals surface area (Å²) >= 11 is 0. The Morgan fingerprint density at radius 2 is 1.86 bits per heavy atom. The van der Waals surface area contributed by atoms with Crippen LogP contribution in [0.25, 0.3) is 10.9 Å². The fraction of sp³-hybridized carbons (Fsp3) is 0.538. The molecule has 0 radical (unpaired) electrons. The molecule has 0 spiro atoms. The van der Waals surface area contributed by atoms with E-state index in [4.69, 9.17) is 5.73 Å². The lowest BCUT2D eigenvalue weighted by atomic mass is 10.0. The number of hydrogen-bond donors (Lipinski definition) is 6. The van der Waals surface area contributed by atoms with Crippen molar-refractivity contribution in [3.63, 3.8) is 0 Å². The second-order valence-corrected chi connectivity index (χ2v) is 10.1. The number of likely N-dealkylation sites (tertiary alicyclic amines) is 1. The maximum absolute atomic E-state index is 13.2. The second kappa shape index (κ2) is 12.2. The van der Waals surface area contributed by atoms with Crippen LogP contribution >= 0.6 is 0 Å². The molecule has 1 aromatic heterocycles. The molecule has 1 saturated heterocycles. The van der Waals surface area contributed by atoms with Crippen molar-refractivity contribution in [3.05, 3.63) is 36.0 Å². The smallest absolute Gasteiger partial charge is 0.326 e. The number of carbonyl (C=O) groups is 4. The van der Waals surface area contributed by atoms with Gasteiger partial charge in [0.05, 0.1) is 12.1 Å². The third-order valence-electron chi connectivity index (χ3n) is 6.65. The van der Waals surface area contributed by atoms with Crippen LogP contribution in [0.5, 0.6) is 0 Å². The van der Waals surface area contributed by atoms with Crippen molar-refractivity contribution in [2.45, 2.75) is 76.7 Å². The molecule has 11 nitrogen and oxygen atoms in total. The van der Waals surface area contributed by atoms with Gasteiger partial charge in [-0.05, 0) is 50.2 Å². The van der Waals surface area contributed by atoms with Gasteiger partial charge in [-0.1, -0.05) is 32.0 Å². The first-order valence-corrected chi connectivity index (χ1v) is 12.6. The molecule has 1 fully saturated rings. The molecule has 11 heteroatoms. The fourth-order valence-electron chi connectivity index (χ4n) is 4.75. The molecule has 3 rings (SSSR count). The number of nitrogens with one attached hydrogen (secondary N) is 3. The highest BCUT2D eigenvalue weighted by atomic mass is 16.4. The third kappa shape index (κ3) is 6.86. The van der Waals surface area contributed by atoms with Gasteiger partial charge in [-0.15, -0.1) is 0 Å². The van der Waals surface area contributed by atoms with E-state index in [1.54, 1.807) is 0 Å².